The topological polar surface area (TPSA) is 12.9 Å². The Balaban J connectivity index is 2.02. The lowest BCUT2D eigenvalue weighted by molar-refractivity contribution is 0.506. The fourth-order valence-corrected chi connectivity index (χ4v) is 2.73. The summed E-state index contributed by atoms with van der Waals surface area (Å²) < 4.78 is 25.6. The zero-order valence-electron chi connectivity index (χ0n) is 8.54. The van der Waals surface area contributed by atoms with Gasteiger partial charge >= 0.3 is 0 Å². The monoisotopic (exact) mass is 257 g/mol. The molecule has 0 N–H and O–H groups in total. The molecule has 0 radical (unpaired) electrons. The summed E-state index contributed by atoms with van der Waals surface area (Å²) >= 11 is 3.03. The van der Waals surface area contributed by atoms with Gasteiger partial charge in [0.2, 0.25) is 0 Å². The Labute approximate surface area is 101 Å². The maximum absolute atomic E-state index is 12.9. The summed E-state index contributed by atoms with van der Waals surface area (Å²) in [4.78, 5) is 5.01. The van der Waals surface area contributed by atoms with Crippen molar-refractivity contribution >= 4 is 23.1 Å². The molecule has 0 amide bonds. The van der Waals surface area contributed by atoms with Gasteiger partial charge < -0.3 is 0 Å². The Morgan fingerprint density at radius 1 is 1.31 bits per heavy atom. The van der Waals surface area contributed by atoms with Gasteiger partial charge in [-0.3, -0.25) is 0 Å². The van der Waals surface area contributed by atoms with Crippen molar-refractivity contribution in [2.45, 2.75) is 17.6 Å². The number of nitrogens with zero attached hydrogens (tertiary/aromatic N) is 1. The molecule has 1 aromatic heterocycles. The van der Waals surface area contributed by atoms with Crippen LogP contribution in [0.2, 0.25) is 0 Å². The number of halogens is 2. The van der Waals surface area contributed by atoms with Crippen LogP contribution in [0.15, 0.2) is 28.5 Å². The van der Waals surface area contributed by atoms with Gasteiger partial charge in [0.05, 0.1) is 10.7 Å². The van der Waals surface area contributed by atoms with Gasteiger partial charge in [0.1, 0.15) is 0 Å². The Hall–Kier alpha value is -0.940. The summed E-state index contributed by atoms with van der Waals surface area (Å²) in [6.45, 7) is 1.94. The first-order valence-electron chi connectivity index (χ1n) is 4.64. The van der Waals surface area contributed by atoms with Crippen LogP contribution in [0, 0.1) is 18.6 Å². The van der Waals surface area contributed by atoms with E-state index in [0.29, 0.717) is 10.6 Å². The first-order valence-corrected chi connectivity index (χ1v) is 6.50. The average molecular weight is 257 g/mol. The van der Waals surface area contributed by atoms with E-state index in [-0.39, 0.29) is 0 Å². The molecule has 0 saturated heterocycles. The van der Waals surface area contributed by atoms with Crippen LogP contribution < -0.4 is 0 Å². The summed E-state index contributed by atoms with van der Waals surface area (Å²) in [5, 5.41) is 2.99. The van der Waals surface area contributed by atoms with Crippen molar-refractivity contribution in [3.05, 3.63) is 45.9 Å². The van der Waals surface area contributed by atoms with Gasteiger partial charge in [0.15, 0.2) is 11.6 Å². The molecule has 1 aromatic carbocycles. The van der Waals surface area contributed by atoms with Crippen molar-refractivity contribution in [2.75, 3.05) is 0 Å². The lowest BCUT2D eigenvalue weighted by Gasteiger charge is -2.00. The molecule has 0 bridgehead atoms. The Kier molecular flexibility index (Phi) is 3.56. The van der Waals surface area contributed by atoms with E-state index in [1.54, 1.807) is 17.4 Å². The van der Waals surface area contributed by atoms with Crippen molar-refractivity contribution in [3.63, 3.8) is 0 Å². The van der Waals surface area contributed by atoms with E-state index >= 15 is 0 Å². The van der Waals surface area contributed by atoms with Crippen LogP contribution in [-0.4, -0.2) is 4.98 Å². The maximum Gasteiger partial charge on any atom is 0.159 e. The second kappa shape index (κ2) is 4.93. The predicted octanol–water partition coefficient (Wildman–Crippen LogP) is 4.02. The fourth-order valence-electron chi connectivity index (χ4n) is 1.20. The zero-order valence-corrected chi connectivity index (χ0v) is 10.2. The number of aryl methyl sites for hydroxylation is 1. The van der Waals surface area contributed by atoms with Crippen LogP contribution in [0.3, 0.4) is 0 Å². The Morgan fingerprint density at radius 2 is 2.12 bits per heavy atom. The van der Waals surface area contributed by atoms with Gasteiger partial charge in [0.25, 0.3) is 0 Å². The van der Waals surface area contributed by atoms with Gasteiger partial charge in [0, 0.05) is 16.0 Å². The van der Waals surface area contributed by atoms with Crippen molar-refractivity contribution in [1.29, 1.82) is 0 Å². The van der Waals surface area contributed by atoms with Gasteiger partial charge in [-0.05, 0) is 25.1 Å². The summed E-state index contributed by atoms with van der Waals surface area (Å²) in [6, 6.07) is 3.92. The maximum atomic E-state index is 12.9. The van der Waals surface area contributed by atoms with Crippen molar-refractivity contribution in [3.8, 4) is 0 Å². The highest BCUT2D eigenvalue weighted by Gasteiger charge is 2.04. The SMILES string of the molecule is Cc1nc(CSc2ccc(F)c(F)c2)cs1. The minimum absolute atomic E-state index is 0.676. The standard InChI is InChI=1S/C11H9F2NS2/c1-7-14-8(5-15-7)6-16-9-2-3-10(12)11(13)4-9/h2-5H,6H2,1H3. The number of rotatable bonds is 3. The molecule has 0 spiro atoms. The van der Waals surface area contributed by atoms with Crippen LogP contribution in [0.4, 0.5) is 8.78 Å². The molecular weight excluding hydrogens is 248 g/mol. The molecule has 0 atom stereocenters. The van der Waals surface area contributed by atoms with E-state index in [1.807, 2.05) is 12.3 Å². The van der Waals surface area contributed by atoms with Gasteiger partial charge in [-0.25, -0.2) is 13.8 Å². The second-order valence-corrected chi connectivity index (χ2v) is 5.33. The summed E-state index contributed by atoms with van der Waals surface area (Å²) in [7, 11) is 0. The third-order valence-electron chi connectivity index (χ3n) is 1.94. The molecule has 0 aliphatic heterocycles. The molecule has 1 nitrogen and oxygen atoms in total. The number of thioether (sulfide) groups is 1. The van der Waals surface area contributed by atoms with E-state index in [4.69, 9.17) is 0 Å². The van der Waals surface area contributed by atoms with Crippen LogP contribution in [0.5, 0.6) is 0 Å². The molecule has 0 fully saturated rings. The minimum Gasteiger partial charge on any atom is -0.246 e. The van der Waals surface area contributed by atoms with Gasteiger partial charge in [-0.1, -0.05) is 0 Å². The number of benzene rings is 1. The molecule has 0 aliphatic carbocycles. The lowest BCUT2D eigenvalue weighted by Crippen LogP contribution is -1.85. The van der Waals surface area contributed by atoms with Gasteiger partial charge in [-0.2, -0.15) is 0 Å². The normalized spacial score (nSPS) is 10.7. The Bertz CT molecular complexity index is 496. The molecule has 0 saturated carbocycles. The zero-order chi connectivity index (χ0) is 11.5. The van der Waals surface area contributed by atoms with Crippen LogP contribution in [0.1, 0.15) is 10.7 Å². The first-order chi connectivity index (χ1) is 7.65. The molecule has 0 unspecified atom stereocenters. The van der Waals surface area contributed by atoms with E-state index in [2.05, 4.69) is 4.98 Å². The van der Waals surface area contributed by atoms with E-state index < -0.39 is 11.6 Å². The highest BCUT2D eigenvalue weighted by atomic mass is 32.2. The largest absolute Gasteiger partial charge is 0.246 e. The van der Waals surface area contributed by atoms with E-state index in [9.17, 15) is 8.78 Å². The molecule has 2 aromatic rings. The number of aromatic nitrogens is 1. The molecule has 0 aliphatic rings. The molecule has 1 heterocycles. The van der Waals surface area contributed by atoms with E-state index in [0.717, 1.165) is 16.8 Å². The molecule has 84 valence electrons. The number of hydrogen-bond donors (Lipinski definition) is 0. The van der Waals surface area contributed by atoms with Crippen molar-refractivity contribution in [2.24, 2.45) is 0 Å². The summed E-state index contributed by atoms with van der Waals surface area (Å²) in [5.41, 5.74) is 0.970. The third-order valence-corrected chi connectivity index (χ3v) is 3.79. The summed E-state index contributed by atoms with van der Waals surface area (Å²) in [6.07, 6.45) is 0. The molecular formula is C11H9F2NS2. The smallest absolute Gasteiger partial charge is 0.159 e. The first kappa shape index (κ1) is 11.5. The highest BCUT2D eigenvalue weighted by molar-refractivity contribution is 7.98. The lowest BCUT2D eigenvalue weighted by atomic mass is 10.3. The van der Waals surface area contributed by atoms with Gasteiger partial charge in [-0.15, -0.1) is 23.1 Å². The predicted molar refractivity (Wildman–Crippen MR) is 62.8 cm³/mol. The highest BCUT2D eigenvalue weighted by Crippen LogP contribution is 2.24. The second-order valence-electron chi connectivity index (χ2n) is 3.22. The fraction of sp³-hybridized carbons (Fsp3) is 0.182. The van der Waals surface area contributed by atoms with Crippen molar-refractivity contribution in [1.82, 2.24) is 4.98 Å². The van der Waals surface area contributed by atoms with E-state index in [1.165, 1.54) is 17.8 Å². The quantitative estimate of drug-likeness (QED) is 0.770. The third kappa shape index (κ3) is 2.80. The number of thiazole rings is 1. The molecule has 5 heteroatoms. The van der Waals surface area contributed by atoms with Crippen LogP contribution >= 0.6 is 23.1 Å². The number of hydrogen-bond acceptors (Lipinski definition) is 3. The van der Waals surface area contributed by atoms with Crippen LogP contribution in [-0.2, 0) is 5.75 Å². The van der Waals surface area contributed by atoms with Crippen molar-refractivity contribution < 1.29 is 8.78 Å². The van der Waals surface area contributed by atoms with Crippen LogP contribution in [0.25, 0.3) is 0 Å². The molecule has 16 heavy (non-hydrogen) atoms. The minimum atomic E-state index is -0.811. The summed E-state index contributed by atoms with van der Waals surface area (Å²) in [5.74, 6) is -0.941. The molecule has 2 rings (SSSR count). The average Bonchev–Trinajstić information content (AvgIpc) is 2.66. The Morgan fingerprint density at radius 3 is 2.75 bits per heavy atom.